The minimum atomic E-state index is -0.771. The minimum absolute atomic E-state index is 0.000102. The van der Waals surface area contributed by atoms with Crippen LogP contribution in [-0.2, 0) is 6.54 Å². The fourth-order valence-corrected chi connectivity index (χ4v) is 4.50. The van der Waals surface area contributed by atoms with Gasteiger partial charge in [-0.25, -0.2) is 4.98 Å². The maximum atomic E-state index is 13.7. The Morgan fingerprint density at radius 3 is 2.65 bits per heavy atom. The van der Waals surface area contributed by atoms with E-state index in [1.807, 2.05) is 24.6 Å². The van der Waals surface area contributed by atoms with E-state index in [4.69, 9.17) is 4.42 Å². The van der Waals surface area contributed by atoms with Crippen LogP contribution >= 0.6 is 0 Å². The Bertz CT molecular complexity index is 1490. The number of aromatic nitrogens is 2. The SMILES string of the molecule is Cc1cc2oc3c(c(=O)c2cc1C)[C@H](c1cccc([N+](=O)[O-])c1)N(CCCn1ccnc1)C3=O. The van der Waals surface area contributed by atoms with Gasteiger partial charge in [-0.15, -0.1) is 0 Å². The summed E-state index contributed by atoms with van der Waals surface area (Å²) >= 11 is 0. The lowest BCUT2D eigenvalue weighted by atomic mass is 9.97. The first-order valence-corrected chi connectivity index (χ1v) is 10.9. The number of nitrogens with zero attached hydrogens (tertiary/aromatic N) is 4. The molecule has 0 spiro atoms. The Morgan fingerprint density at radius 1 is 1.12 bits per heavy atom. The number of aryl methyl sites for hydroxylation is 3. The second kappa shape index (κ2) is 8.26. The number of fused-ring (bicyclic) bond motifs is 2. The molecule has 1 aliphatic rings. The summed E-state index contributed by atoms with van der Waals surface area (Å²) < 4.78 is 7.91. The zero-order valence-electron chi connectivity index (χ0n) is 18.7. The second-order valence-corrected chi connectivity index (χ2v) is 8.51. The number of hydrogen-bond donors (Lipinski definition) is 0. The molecule has 2 aromatic carbocycles. The van der Waals surface area contributed by atoms with Gasteiger partial charge in [0.15, 0.2) is 5.43 Å². The maximum absolute atomic E-state index is 13.7. The number of nitro groups is 1. The van der Waals surface area contributed by atoms with E-state index < -0.39 is 16.9 Å². The van der Waals surface area contributed by atoms with E-state index in [2.05, 4.69) is 4.98 Å². The molecule has 0 radical (unpaired) electrons. The number of carbonyl (C=O) groups is 1. The summed E-state index contributed by atoms with van der Waals surface area (Å²) in [5.74, 6) is -0.394. The third-order valence-corrected chi connectivity index (χ3v) is 6.35. The fourth-order valence-electron chi connectivity index (χ4n) is 4.50. The fraction of sp³-hybridized carbons (Fsp3) is 0.240. The van der Waals surface area contributed by atoms with Gasteiger partial charge < -0.3 is 13.9 Å². The van der Waals surface area contributed by atoms with Gasteiger partial charge in [-0.3, -0.25) is 19.7 Å². The van der Waals surface area contributed by atoms with Crippen molar-refractivity contribution in [3.63, 3.8) is 0 Å². The highest BCUT2D eigenvalue weighted by Gasteiger charge is 2.42. The largest absolute Gasteiger partial charge is 0.450 e. The molecular weight excluding hydrogens is 436 g/mol. The van der Waals surface area contributed by atoms with Crippen molar-refractivity contribution in [2.75, 3.05) is 6.54 Å². The Kier molecular flexibility index (Phi) is 5.24. The van der Waals surface area contributed by atoms with Gasteiger partial charge in [0, 0.05) is 37.6 Å². The second-order valence-electron chi connectivity index (χ2n) is 8.51. The molecule has 3 heterocycles. The number of non-ortho nitro benzene ring substituents is 1. The van der Waals surface area contributed by atoms with E-state index in [0.717, 1.165) is 11.1 Å². The molecule has 9 heteroatoms. The predicted molar refractivity (Wildman–Crippen MR) is 125 cm³/mol. The van der Waals surface area contributed by atoms with Crippen molar-refractivity contribution in [3.05, 3.63) is 103 Å². The molecule has 0 fully saturated rings. The van der Waals surface area contributed by atoms with Crippen molar-refractivity contribution in [1.29, 1.82) is 0 Å². The molecule has 2 aromatic heterocycles. The number of carbonyl (C=O) groups excluding carboxylic acids is 1. The van der Waals surface area contributed by atoms with E-state index >= 15 is 0 Å². The molecule has 9 nitrogen and oxygen atoms in total. The van der Waals surface area contributed by atoms with Crippen LogP contribution in [0.2, 0.25) is 0 Å². The maximum Gasteiger partial charge on any atom is 0.290 e. The van der Waals surface area contributed by atoms with Gasteiger partial charge >= 0.3 is 0 Å². The van der Waals surface area contributed by atoms with Crippen molar-refractivity contribution in [1.82, 2.24) is 14.5 Å². The molecule has 1 atom stereocenters. The number of benzene rings is 2. The molecule has 34 heavy (non-hydrogen) atoms. The first kappa shape index (κ1) is 21.6. The van der Waals surface area contributed by atoms with Gasteiger partial charge in [0.1, 0.15) is 5.58 Å². The third kappa shape index (κ3) is 3.55. The van der Waals surface area contributed by atoms with Gasteiger partial charge in [-0.2, -0.15) is 0 Å². The molecule has 1 amide bonds. The lowest BCUT2D eigenvalue weighted by Crippen LogP contribution is -2.31. The highest BCUT2D eigenvalue weighted by molar-refractivity contribution is 5.99. The summed E-state index contributed by atoms with van der Waals surface area (Å²) in [6, 6.07) is 8.84. The average molecular weight is 458 g/mol. The quantitative estimate of drug-likeness (QED) is 0.317. The van der Waals surface area contributed by atoms with Crippen molar-refractivity contribution in [2.45, 2.75) is 32.9 Å². The molecule has 0 bridgehead atoms. The van der Waals surface area contributed by atoms with Crippen LogP contribution in [0.4, 0.5) is 5.69 Å². The smallest absolute Gasteiger partial charge is 0.290 e. The van der Waals surface area contributed by atoms with Crippen molar-refractivity contribution < 1.29 is 14.1 Å². The number of rotatable bonds is 6. The minimum Gasteiger partial charge on any atom is -0.450 e. The lowest BCUT2D eigenvalue weighted by Gasteiger charge is -2.25. The van der Waals surface area contributed by atoms with Crippen LogP contribution < -0.4 is 5.43 Å². The zero-order valence-corrected chi connectivity index (χ0v) is 18.7. The monoisotopic (exact) mass is 458 g/mol. The van der Waals surface area contributed by atoms with Crippen LogP contribution in [0, 0.1) is 24.0 Å². The van der Waals surface area contributed by atoms with Gasteiger partial charge in [0.2, 0.25) is 5.76 Å². The zero-order chi connectivity index (χ0) is 24.0. The molecule has 5 rings (SSSR count). The lowest BCUT2D eigenvalue weighted by molar-refractivity contribution is -0.384. The molecule has 0 N–H and O–H groups in total. The van der Waals surface area contributed by atoms with Crippen LogP contribution in [0.25, 0.3) is 11.0 Å². The molecule has 1 aliphatic heterocycles. The number of nitro benzene ring substituents is 1. The van der Waals surface area contributed by atoms with Crippen LogP contribution in [0.1, 0.15) is 45.3 Å². The summed E-state index contributed by atoms with van der Waals surface area (Å²) in [6.45, 7) is 4.79. The van der Waals surface area contributed by atoms with E-state index in [-0.39, 0.29) is 22.4 Å². The summed E-state index contributed by atoms with van der Waals surface area (Å²) in [5.41, 5.74) is 2.58. The summed E-state index contributed by atoms with van der Waals surface area (Å²) in [7, 11) is 0. The Hall–Kier alpha value is -4.27. The average Bonchev–Trinajstić information content (AvgIpc) is 3.43. The molecule has 0 saturated carbocycles. The number of amides is 1. The Morgan fingerprint density at radius 2 is 1.91 bits per heavy atom. The van der Waals surface area contributed by atoms with Crippen LogP contribution in [-0.4, -0.2) is 31.8 Å². The third-order valence-electron chi connectivity index (χ3n) is 6.35. The normalized spacial score (nSPS) is 15.2. The number of hydrogen-bond acceptors (Lipinski definition) is 6. The van der Waals surface area contributed by atoms with Gasteiger partial charge in [-0.05, 0) is 49.1 Å². The molecule has 172 valence electrons. The summed E-state index contributed by atoms with van der Waals surface area (Å²) in [4.78, 5) is 43.7. The Labute approximate surface area is 194 Å². The van der Waals surface area contributed by atoms with E-state index in [1.165, 1.54) is 12.1 Å². The summed E-state index contributed by atoms with van der Waals surface area (Å²) in [5, 5.41) is 11.8. The number of imidazole rings is 1. The highest BCUT2D eigenvalue weighted by atomic mass is 16.6. The molecule has 0 saturated heterocycles. The molecular formula is C25H22N4O5. The first-order chi connectivity index (χ1) is 16.3. The molecule has 0 aliphatic carbocycles. The standard InChI is InChI=1S/C25H22N4O5/c1-15-11-19-20(12-16(15)2)34-24-21(23(19)30)22(17-5-3-6-18(13-17)29(32)33)28(25(24)31)9-4-8-27-10-7-26-14-27/h3,5-7,10-14,22H,4,8-9H2,1-2H3/t22-/m0/s1. The topological polar surface area (TPSA) is 111 Å². The van der Waals surface area contributed by atoms with Crippen molar-refractivity contribution in [3.8, 4) is 0 Å². The van der Waals surface area contributed by atoms with Gasteiger partial charge in [0.05, 0.1) is 28.2 Å². The van der Waals surface area contributed by atoms with Crippen LogP contribution in [0.15, 0.2) is 64.3 Å². The van der Waals surface area contributed by atoms with Crippen molar-refractivity contribution in [2.24, 2.45) is 0 Å². The van der Waals surface area contributed by atoms with Crippen LogP contribution in [0.5, 0.6) is 0 Å². The highest BCUT2D eigenvalue weighted by Crippen LogP contribution is 2.39. The van der Waals surface area contributed by atoms with E-state index in [1.54, 1.807) is 41.7 Å². The molecule has 4 aromatic rings. The van der Waals surface area contributed by atoms with E-state index in [0.29, 0.717) is 36.0 Å². The van der Waals surface area contributed by atoms with Crippen molar-refractivity contribution >= 4 is 22.6 Å². The first-order valence-electron chi connectivity index (χ1n) is 10.9. The van der Waals surface area contributed by atoms with E-state index in [9.17, 15) is 19.7 Å². The van der Waals surface area contributed by atoms with Gasteiger partial charge in [0.25, 0.3) is 11.6 Å². The Balaban J connectivity index is 1.64. The predicted octanol–water partition coefficient (Wildman–Crippen LogP) is 4.15. The summed E-state index contributed by atoms with van der Waals surface area (Å²) in [6.07, 6.45) is 5.82. The van der Waals surface area contributed by atoms with Crippen LogP contribution in [0.3, 0.4) is 0 Å². The molecule has 0 unspecified atom stereocenters. The van der Waals surface area contributed by atoms with Gasteiger partial charge in [-0.1, -0.05) is 12.1 Å².